The molecule has 2 saturated carbocycles. The normalized spacial score (nSPS) is 21.4. The first-order valence-electron chi connectivity index (χ1n) is 7.67. The van der Waals surface area contributed by atoms with Crippen LogP contribution in [-0.4, -0.2) is 33.5 Å². The smallest absolute Gasteiger partial charge is 0.220 e. The van der Waals surface area contributed by atoms with Gasteiger partial charge in [0.05, 0.1) is 0 Å². The Hall–Kier alpha value is -0.360. The van der Waals surface area contributed by atoms with E-state index in [0.29, 0.717) is 12.1 Å². The summed E-state index contributed by atoms with van der Waals surface area (Å²) in [6.07, 6.45) is 13.6. The van der Waals surface area contributed by atoms with E-state index in [-0.39, 0.29) is 0 Å². The molecule has 0 atom stereocenters. The van der Waals surface area contributed by atoms with Gasteiger partial charge in [-0.05, 0) is 25.7 Å². The molecule has 114 valence electrons. The molecule has 0 aromatic heterocycles. The number of rotatable bonds is 7. The molecular weight excluding hydrogens is 292 g/mol. The predicted molar refractivity (Wildman–Crippen MR) is 84.7 cm³/mol. The van der Waals surface area contributed by atoms with Crippen LogP contribution in [-0.2, 0) is 9.59 Å². The first kappa shape index (κ1) is 16.0. The van der Waals surface area contributed by atoms with E-state index in [1.54, 1.807) is 0 Å². The summed E-state index contributed by atoms with van der Waals surface area (Å²) in [6.45, 7) is 0. The molecule has 2 fully saturated rings. The highest BCUT2D eigenvalue weighted by molar-refractivity contribution is 8.75. The van der Waals surface area contributed by atoms with Crippen molar-refractivity contribution in [3.8, 4) is 0 Å². The molecule has 0 saturated heterocycles. The highest BCUT2D eigenvalue weighted by Crippen LogP contribution is 2.37. The maximum atomic E-state index is 11.3. The lowest BCUT2D eigenvalue weighted by atomic mass is 9.96. The zero-order valence-corrected chi connectivity index (χ0v) is 13.5. The van der Waals surface area contributed by atoms with Gasteiger partial charge < -0.3 is 0 Å². The molecule has 2 aliphatic carbocycles. The number of hydrogen-bond donors (Lipinski definition) is 0. The monoisotopic (exact) mass is 316 g/mol. The number of amides is 2. The van der Waals surface area contributed by atoms with E-state index >= 15 is 0 Å². The molecule has 0 unspecified atom stereocenters. The minimum atomic E-state index is 0.346. The van der Waals surface area contributed by atoms with Gasteiger partial charge in [0.1, 0.15) is 0 Å². The standard InChI is InChI=1S/C14H24N2O2S2/c17-11-15(13-7-3-1-4-8-13)19-20-16(12-18)14-9-5-2-6-10-14/h11-14H,1-10H2. The highest BCUT2D eigenvalue weighted by Gasteiger charge is 2.25. The Balaban J connectivity index is 1.80. The van der Waals surface area contributed by atoms with Crippen LogP contribution in [0.1, 0.15) is 64.2 Å². The van der Waals surface area contributed by atoms with Gasteiger partial charge in [-0.1, -0.05) is 38.5 Å². The SMILES string of the molecule is O=CN(SSN(C=O)C1CCCCC1)C1CCCCC1. The average Bonchev–Trinajstić information content (AvgIpc) is 2.53. The largest absolute Gasteiger partial charge is 0.278 e. The summed E-state index contributed by atoms with van der Waals surface area (Å²) in [7, 11) is 2.86. The molecule has 4 nitrogen and oxygen atoms in total. The molecule has 0 heterocycles. The molecule has 2 aliphatic rings. The lowest BCUT2D eigenvalue weighted by molar-refractivity contribution is -0.116. The molecule has 0 aromatic rings. The minimum absolute atomic E-state index is 0.346. The Kier molecular flexibility index (Phi) is 7.07. The van der Waals surface area contributed by atoms with Crippen LogP contribution < -0.4 is 0 Å². The third kappa shape index (κ3) is 4.58. The Labute approximate surface area is 129 Å². The fraction of sp³-hybridized carbons (Fsp3) is 0.857. The Bertz CT molecular complexity index is 276. The second kappa shape index (κ2) is 8.82. The van der Waals surface area contributed by atoms with E-state index in [9.17, 15) is 9.59 Å². The third-order valence-electron chi connectivity index (χ3n) is 4.28. The van der Waals surface area contributed by atoms with Crippen molar-refractivity contribution in [2.24, 2.45) is 0 Å². The second-order valence-electron chi connectivity index (χ2n) is 5.66. The van der Waals surface area contributed by atoms with Gasteiger partial charge in [0.15, 0.2) is 0 Å². The maximum Gasteiger partial charge on any atom is 0.220 e. The molecule has 2 rings (SSSR count). The molecule has 0 N–H and O–H groups in total. The van der Waals surface area contributed by atoms with Crippen LogP contribution in [0.3, 0.4) is 0 Å². The van der Waals surface area contributed by atoms with Crippen molar-refractivity contribution in [2.45, 2.75) is 76.3 Å². The van der Waals surface area contributed by atoms with Crippen molar-refractivity contribution in [3.63, 3.8) is 0 Å². The van der Waals surface area contributed by atoms with Crippen molar-refractivity contribution in [3.05, 3.63) is 0 Å². The predicted octanol–water partition coefficient (Wildman–Crippen LogP) is 3.78. The fourth-order valence-corrected chi connectivity index (χ4v) is 5.37. The van der Waals surface area contributed by atoms with Gasteiger partial charge >= 0.3 is 0 Å². The molecule has 0 aromatic carbocycles. The highest BCUT2D eigenvalue weighted by atomic mass is 33.1. The fourth-order valence-electron chi connectivity index (χ4n) is 3.08. The average molecular weight is 316 g/mol. The van der Waals surface area contributed by atoms with Gasteiger partial charge in [-0.15, -0.1) is 0 Å². The summed E-state index contributed by atoms with van der Waals surface area (Å²) < 4.78 is 3.62. The van der Waals surface area contributed by atoms with Crippen LogP contribution in [0.15, 0.2) is 0 Å². The Morgan fingerprint density at radius 3 is 1.30 bits per heavy atom. The minimum Gasteiger partial charge on any atom is -0.278 e. The van der Waals surface area contributed by atoms with Gasteiger partial charge in [-0.2, -0.15) is 0 Å². The van der Waals surface area contributed by atoms with Gasteiger partial charge in [0, 0.05) is 34.0 Å². The molecule has 0 aliphatic heterocycles. The number of carbonyl (C=O) groups is 2. The van der Waals surface area contributed by atoms with E-state index in [1.807, 2.05) is 8.61 Å². The first-order valence-corrected chi connectivity index (χ1v) is 9.73. The van der Waals surface area contributed by atoms with Crippen LogP contribution >= 0.6 is 22.0 Å². The zero-order chi connectivity index (χ0) is 14.2. The van der Waals surface area contributed by atoms with Crippen LogP contribution in [0.25, 0.3) is 0 Å². The van der Waals surface area contributed by atoms with Crippen molar-refractivity contribution >= 4 is 34.8 Å². The van der Waals surface area contributed by atoms with Gasteiger partial charge in [-0.3, -0.25) is 18.2 Å². The zero-order valence-electron chi connectivity index (χ0n) is 11.9. The molecule has 0 radical (unpaired) electrons. The summed E-state index contributed by atoms with van der Waals surface area (Å²) in [5.74, 6) is 0. The molecule has 2 amide bonds. The lowest BCUT2D eigenvalue weighted by Gasteiger charge is -2.33. The summed E-state index contributed by atoms with van der Waals surface area (Å²) in [5.41, 5.74) is 0. The first-order chi connectivity index (χ1) is 9.85. The second-order valence-corrected chi connectivity index (χ2v) is 7.70. The summed E-state index contributed by atoms with van der Waals surface area (Å²) in [4.78, 5) is 22.5. The van der Waals surface area contributed by atoms with E-state index in [1.165, 1.54) is 60.5 Å². The van der Waals surface area contributed by atoms with Crippen molar-refractivity contribution in [1.82, 2.24) is 8.61 Å². The summed E-state index contributed by atoms with van der Waals surface area (Å²) >= 11 is 0. The number of nitrogens with zero attached hydrogens (tertiary/aromatic N) is 2. The van der Waals surface area contributed by atoms with Crippen LogP contribution in [0.5, 0.6) is 0 Å². The van der Waals surface area contributed by atoms with Crippen molar-refractivity contribution in [1.29, 1.82) is 0 Å². The Morgan fingerprint density at radius 1 is 0.650 bits per heavy atom. The topological polar surface area (TPSA) is 40.6 Å². The number of carbonyl (C=O) groups excluding carboxylic acids is 2. The third-order valence-corrected chi connectivity index (χ3v) is 6.69. The van der Waals surface area contributed by atoms with E-state index < -0.39 is 0 Å². The molecule has 0 spiro atoms. The lowest BCUT2D eigenvalue weighted by Crippen LogP contribution is -2.33. The van der Waals surface area contributed by atoms with Gasteiger partial charge in [0.25, 0.3) is 0 Å². The van der Waals surface area contributed by atoms with Gasteiger partial charge in [0.2, 0.25) is 12.8 Å². The van der Waals surface area contributed by atoms with E-state index in [2.05, 4.69) is 0 Å². The molecule has 20 heavy (non-hydrogen) atoms. The van der Waals surface area contributed by atoms with Crippen molar-refractivity contribution < 1.29 is 9.59 Å². The van der Waals surface area contributed by atoms with Crippen LogP contribution in [0.4, 0.5) is 0 Å². The molecule has 6 heteroatoms. The number of hydrogen-bond acceptors (Lipinski definition) is 4. The Morgan fingerprint density at radius 2 is 1.00 bits per heavy atom. The van der Waals surface area contributed by atoms with Crippen LogP contribution in [0, 0.1) is 0 Å². The van der Waals surface area contributed by atoms with Crippen molar-refractivity contribution in [2.75, 3.05) is 0 Å². The quantitative estimate of drug-likeness (QED) is 0.407. The summed E-state index contributed by atoms with van der Waals surface area (Å²) in [6, 6.07) is 0.692. The van der Waals surface area contributed by atoms with Crippen LogP contribution in [0.2, 0.25) is 0 Å². The molecular formula is C14H24N2O2S2. The van der Waals surface area contributed by atoms with Gasteiger partial charge in [-0.25, -0.2) is 0 Å². The maximum absolute atomic E-state index is 11.3. The summed E-state index contributed by atoms with van der Waals surface area (Å²) in [5, 5.41) is 0. The van der Waals surface area contributed by atoms with E-state index in [4.69, 9.17) is 0 Å². The van der Waals surface area contributed by atoms with E-state index in [0.717, 1.165) is 38.5 Å². The molecule has 0 bridgehead atoms.